The van der Waals surface area contributed by atoms with Crippen LogP contribution in [0.5, 0.6) is 0 Å². The van der Waals surface area contributed by atoms with Crippen LogP contribution in [0.2, 0.25) is 0 Å². The Labute approximate surface area is 149 Å². The Hall–Kier alpha value is -2.75. The molecular formula is C16H13F3N4O2S. The fraction of sp³-hybridized carbons (Fsp3) is 0.250. The van der Waals surface area contributed by atoms with E-state index in [0.717, 1.165) is 29.7 Å². The van der Waals surface area contributed by atoms with Gasteiger partial charge in [0.25, 0.3) is 5.91 Å². The summed E-state index contributed by atoms with van der Waals surface area (Å²) in [5, 5.41) is 10.9. The number of hydrogen-bond acceptors (Lipinski definition) is 5. The Balaban J connectivity index is 1.99. The summed E-state index contributed by atoms with van der Waals surface area (Å²) in [4.78, 5) is 27.2. The second-order valence-electron chi connectivity index (χ2n) is 5.81. The van der Waals surface area contributed by atoms with Gasteiger partial charge in [-0.15, -0.1) is 10.2 Å². The van der Waals surface area contributed by atoms with Crippen LogP contribution < -0.4 is 10.7 Å². The van der Waals surface area contributed by atoms with Crippen LogP contribution in [0.3, 0.4) is 0 Å². The molecule has 2 heterocycles. The SMILES string of the molecule is CC(C)c1nnc(NC(=O)c2c[nH]c3c(C(F)(F)F)cccc3c2=O)s1. The Bertz CT molecular complexity index is 1040. The summed E-state index contributed by atoms with van der Waals surface area (Å²) < 4.78 is 39.1. The number of halogens is 3. The Morgan fingerprint density at radius 3 is 2.62 bits per heavy atom. The number of H-pyrrole nitrogens is 1. The molecular weight excluding hydrogens is 369 g/mol. The third kappa shape index (κ3) is 3.32. The number of carbonyl (C=O) groups is 1. The van der Waals surface area contributed by atoms with Crippen LogP contribution >= 0.6 is 11.3 Å². The van der Waals surface area contributed by atoms with Gasteiger partial charge in [0.1, 0.15) is 10.6 Å². The van der Waals surface area contributed by atoms with E-state index in [2.05, 4.69) is 20.5 Å². The second-order valence-corrected chi connectivity index (χ2v) is 6.82. The molecule has 0 unspecified atom stereocenters. The van der Waals surface area contributed by atoms with Gasteiger partial charge in [-0.25, -0.2) is 0 Å². The van der Waals surface area contributed by atoms with Crippen LogP contribution in [0.25, 0.3) is 10.9 Å². The number of benzene rings is 1. The summed E-state index contributed by atoms with van der Waals surface area (Å²) in [7, 11) is 0. The maximum atomic E-state index is 13.0. The predicted molar refractivity (Wildman–Crippen MR) is 91.5 cm³/mol. The van der Waals surface area contributed by atoms with E-state index in [0.29, 0.717) is 5.01 Å². The molecule has 0 saturated carbocycles. The maximum Gasteiger partial charge on any atom is 0.418 e. The van der Waals surface area contributed by atoms with Gasteiger partial charge in [0.05, 0.1) is 11.1 Å². The van der Waals surface area contributed by atoms with E-state index in [9.17, 15) is 22.8 Å². The molecule has 0 spiro atoms. The summed E-state index contributed by atoms with van der Waals surface area (Å²) in [6, 6.07) is 3.23. The molecule has 136 valence electrons. The topological polar surface area (TPSA) is 87.7 Å². The average molecular weight is 382 g/mol. The molecule has 0 aliphatic heterocycles. The summed E-state index contributed by atoms with van der Waals surface area (Å²) in [6.45, 7) is 3.83. The van der Waals surface area contributed by atoms with Crippen LogP contribution in [-0.4, -0.2) is 21.1 Å². The molecule has 0 atom stereocenters. The minimum atomic E-state index is -4.62. The van der Waals surface area contributed by atoms with Crippen LogP contribution in [-0.2, 0) is 6.18 Å². The van der Waals surface area contributed by atoms with Crippen LogP contribution in [0, 0.1) is 0 Å². The van der Waals surface area contributed by atoms with E-state index in [1.807, 2.05) is 13.8 Å². The first kappa shape index (κ1) is 18.1. The largest absolute Gasteiger partial charge is 0.418 e. The fourth-order valence-electron chi connectivity index (χ4n) is 2.34. The van der Waals surface area contributed by atoms with Crippen molar-refractivity contribution in [2.75, 3.05) is 5.32 Å². The van der Waals surface area contributed by atoms with Crippen LogP contribution in [0.4, 0.5) is 18.3 Å². The van der Waals surface area contributed by atoms with Crippen LogP contribution in [0.1, 0.15) is 40.7 Å². The number of fused-ring (bicyclic) bond motifs is 1. The normalized spacial score (nSPS) is 11.9. The van der Waals surface area contributed by atoms with Gasteiger partial charge in [-0.3, -0.25) is 14.9 Å². The molecule has 0 fully saturated rings. The molecule has 0 aliphatic rings. The van der Waals surface area contributed by atoms with Gasteiger partial charge in [-0.1, -0.05) is 31.3 Å². The number of nitrogens with one attached hydrogen (secondary N) is 2. The van der Waals surface area contributed by atoms with Crippen molar-refractivity contribution in [1.82, 2.24) is 15.2 Å². The lowest BCUT2D eigenvalue weighted by Gasteiger charge is -2.10. The first-order valence-corrected chi connectivity index (χ1v) is 8.36. The van der Waals surface area contributed by atoms with E-state index in [1.165, 1.54) is 6.07 Å². The van der Waals surface area contributed by atoms with Gasteiger partial charge in [0, 0.05) is 17.5 Å². The number of alkyl halides is 3. The van der Waals surface area contributed by atoms with E-state index < -0.39 is 23.1 Å². The van der Waals surface area contributed by atoms with E-state index >= 15 is 0 Å². The summed E-state index contributed by atoms with van der Waals surface area (Å²) in [5.41, 5.74) is -2.43. The van der Waals surface area contributed by atoms with Crippen LogP contribution in [0.15, 0.2) is 29.2 Å². The number of pyridine rings is 1. The van der Waals surface area contributed by atoms with Crippen molar-refractivity contribution < 1.29 is 18.0 Å². The lowest BCUT2D eigenvalue weighted by atomic mass is 10.1. The highest BCUT2D eigenvalue weighted by Crippen LogP contribution is 2.33. The maximum absolute atomic E-state index is 13.0. The monoisotopic (exact) mass is 382 g/mol. The summed E-state index contributed by atoms with van der Waals surface area (Å²) >= 11 is 1.16. The Kier molecular flexibility index (Phi) is 4.53. The van der Waals surface area contributed by atoms with Gasteiger partial charge in [0.15, 0.2) is 0 Å². The zero-order valence-corrected chi connectivity index (χ0v) is 14.5. The third-order valence-corrected chi connectivity index (χ3v) is 4.76. The molecule has 3 aromatic rings. The number of anilines is 1. The van der Waals surface area contributed by atoms with Crippen molar-refractivity contribution in [3.63, 3.8) is 0 Å². The van der Waals surface area contributed by atoms with E-state index in [-0.39, 0.29) is 27.5 Å². The third-order valence-electron chi connectivity index (χ3n) is 3.62. The number of hydrogen-bond donors (Lipinski definition) is 2. The van der Waals surface area contributed by atoms with Gasteiger partial charge in [-0.2, -0.15) is 13.2 Å². The lowest BCUT2D eigenvalue weighted by molar-refractivity contribution is -0.136. The van der Waals surface area contributed by atoms with Gasteiger partial charge < -0.3 is 4.98 Å². The number of aromatic amines is 1. The zero-order chi connectivity index (χ0) is 19.1. The first-order chi connectivity index (χ1) is 12.2. The number of para-hydroxylation sites is 1. The fourth-order valence-corrected chi connectivity index (χ4v) is 3.08. The van der Waals surface area contributed by atoms with Crippen molar-refractivity contribution in [1.29, 1.82) is 0 Å². The molecule has 1 amide bonds. The molecule has 6 nitrogen and oxygen atoms in total. The van der Waals surface area contributed by atoms with Crippen molar-refractivity contribution in [2.45, 2.75) is 25.9 Å². The highest BCUT2D eigenvalue weighted by Gasteiger charge is 2.33. The molecule has 10 heteroatoms. The van der Waals surface area contributed by atoms with E-state index in [4.69, 9.17) is 0 Å². The highest BCUT2D eigenvalue weighted by molar-refractivity contribution is 7.15. The van der Waals surface area contributed by atoms with Gasteiger partial charge in [-0.05, 0) is 12.1 Å². The molecule has 0 radical (unpaired) electrons. The van der Waals surface area contributed by atoms with Crippen molar-refractivity contribution in [3.05, 3.63) is 50.8 Å². The second kappa shape index (κ2) is 6.52. The molecule has 2 aromatic heterocycles. The van der Waals surface area contributed by atoms with Crippen molar-refractivity contribution in [3.8, 4) is 0 Å². The zero-order valence-electron chi connectivity index (χ0n) is 13.6. The number of amides is 1. The number of carbonyl (C=O) groups excluding carboxylic acids is 1. The quantitative estimate of drug-likeness (QED) is 0.722. The predicted octanol–water partition coefficient (Wildman–Crippen LogP) is 3.77. The molecule has 3 rings (SSSR count). The van der Waals surface area contributed by atoms with Gasteiger partial charge >= 0.3 is 6.18 Å². The molecule has 2 N–H and O–H groups in total. The molecule has 26 heavy (non-hydrogen) atoms. The minimum absolute atomic E-state index is 0.128. The summed E-state index contributed by atoms with van der Waals surface area (Å²) in [6.07, 6.45) is -3.65. The lowest BCUT2D eigenvalue weighted by Crippen LogP contribution is -2.22. The smallest absolute Gasteiger partial charge is 0.360 e. The number of rotatable bonds is 3. The first-order valence-electron chi connectivity index (χ1n) is 7.55. The number of aromatic nitrogens is 3. The van der Waals surface area contributed by atoms with Gasteiger partial charge in [0.2, 0.25) is 10.6 Å². The summed E-state index contributed by atoms with van der Waals surface area (Å²) in [5.74, 6) is -0.639. The molecule has 0 bridgehead atoms. The Morgan fingerprint density at radius 1 is 1.27 bits per heavy atom. The number of nitrogens with zero attached hydrogens (tertiary/aromatic N) is 2. The standard InChI is InChI=1S/C16H13F3N4O2S/c1-7(2)14-22-23-15(26-14)21-13(25)9-6-20-11-8(12(9)24)4-3-5-10(11)16(17,18)19/h3-7H,1-2H3,(H,20,24)(H,21,23,25). The molecule has 0 saturated heterocycles. The van der Waals surface area contributed by atoms with Crippen molar-refractivity contribution >= 4 is 33.3 Å². The molecule has 0 aliphatic carbocycles. The van der Waals surface area contributed by atoms with Crippen molar-refractivity contribution in [2.24, 2.45) is 0 Å². The van der Waals surface area contributed by atoms with E-state index in [1.54, 1.807) is 0 Å². The average Bonchev–Trinajstić information content (AvgIpc) is 3.02. The highest BCUT2D eigenvalue weighted by atomic mass is 32.1. The Morgan fingerprint density at radius 2 is 2.00 bits per heavy atom. The minimum Gasteiger partial charge on any atom is -0.360 e. The molecule has 1 aromatic carbocycles.